The smallest absolute Gasteiger partial charge is 0.216 e. The van der Waals surface area contributed by atoms with E-state index in [1.165, 1.54) is 0 Å². The summed E-state index contributed by atoms with van der Waals surface area (Å²) in [5, 5.41) is 0.943. The van der Waals surface area contributed by atoms with Crippen LogP contribution in [0.3, 0.4) is 0 Å². The van der Waals surface area contributed by atoms with Gasteiger partial charge in [-0.05, 0) is 35.7 Å². The van der Waals surface area contributed by atoms with Crippen molar-refractivity contribution in [2.75, 3.05) is 0 Å². The van der Waals surface area contributed by atoms with E-state index in [0.717, 1.165) is 22.2 Å². The normalized spacial score (nSPS) is 11.8. The summed E-state index contributed by atoms with van der Waals surface area (Å²) in [5.41, 5.74) is 4.02. The minimum absolute atomic E-state index is 0.0966. The molecule has 4 rings (SSSR count). The van der Waals surface area contributed by atoms with Gasteiger partial charge in [0, 0.05) is 29.8 Å². The molecular weight excluding hydrogens is 389 g/mol. The summed E-state index contributed by atoms with van der Waals surface area (Å²) in [7, 11) is -3.44. The van der Waals surface area contributed by atoms with Gasteiger partial charge in [-0.25, -0.2) is 18.4 Å². The Kier molecular flexibility index (Phi) is 5.15. The molecule has 3 heterocycles. The molecule has 29 heavy (non-hydrogen) atoms. The van der Waals surface area contributed by atoms with Crippen molar-refractivity contribution in [2.24, 2.45) is 0 Å². The van der Waals surface area contributed by atoms with E-state index in [0.29, 0.717) is 17.5 Å². The summed E-state index contributed by atoms with van der Waals surface area (Å²) in [4.78, 5) is 11.3. The van der Waals surface area contributed by atoms with Crippen LogP contribution in [-0.4, -0.2) is 23.4 Å². The van der Waals surface area contributed by atoms with Gasteiger partial charge in [-0.1, -0.05) is 36.4 Å². The molecule has 0 spiro atoms. The molecule has 0 saturated heterocycles. The van der Waals surface area contributed by atoms with Crippen LogP contribution >= 0.6 is 0 Å². The first-order chi connectivity index (χ1) is 13.9. The van der Waals surface area contributed by atoms with E-state index in [9.17, 15) is 12.8 Å². The van der Waals surface area contributed by atoms with E-state index >= 15 is 0 Å². The van der Waals surface area contributed by atoms with Gasteiger partial charge in [0.25, 0.3) is 0 Å². The maximum Gasteiger partial charge on any atom is 0.216 e. The molecule has 0 aliphatic carbocycles. The Morgan fingerprint density at radius 3 is 2.59 bits per heavy atom. The number of aryl methyl sites for hydroxylation is 1. The molecule has 0 aliphatic rings. The fourth-order valence-corrected chi connectivity index (χ4v) is 4.74. The van der Waals surface area contributed by atoms with E-state index in [4.69, 9.17) is 0 Å². The number of hydrogen-bond acceptors (Lipinski definition) is 4. The van der Waals surface area contributed by atoms with Crippen LogP contribution in [0.5, 0.6) is 0 Å². The average Bonchev–Trinajstić information content (AvgIpc) is 3.06. The number of rotatable bonds is 6. The van der Waals surface area contributed by atoms with Crippen molar-refractivity contribution in [3.05, 3.63) is 94.8 Å². The zero-order valence-electron chi connectivity index (χ0n) is 15.9. The average molecular weight is 409 g/mol. The van der Waals surface area contributed by atoms with Crippen molar-refractivity contribution in [2.45, 2.75) is 24.9 Å². The molecule has 0 amide bonds. The number of aromatic nitrogens is 3. The summed E-state index contributed by atoms with van der Waals surface area (Å²) in [6.45, 7) is 1.95. The molecule has 148 valence electrons. The predicted molar refractivity (Wildman–Crippen MR) is 111 cm³/mol. The van der Waals surface area contributed by atoms with Crippen LogP contribution in [-0.2, 0) is 27.8 Å². The summed E-state index contributed by atoms with van der Waals surface area (Å²) in [6, 6.07) is 14.1. The van der Waals surface area contributed by atoms with Gasteiger partial charge in [0.2, 0.25) is 5.95 Å². The molecule has 5 nitrogen and oxygen atoms in total. The molecular formula is C22H20FN3O2S. The van der Waals surface area contributed by atoms with Crippen LogP contribution in [0.4, 0.5) is 4.39 Å². The fraction of sp³-hybridized carbons (Fsp3) is 0.182. The van der Waals surface area contributed by atoms with Crippen LogP contribution in [0.1, 0.15) is 27.9 Å². The highest BCUT2D eigenvalue weighted by atomic mass is 32.2. The van der Waals surface area contributed by atoms with Crippen molar-refractivity contribution in [3.63, 3.8) is 0 Å². The summed E-state index contributed by atoms with van der Waals surface area (Å²) >= 11 is 0. The molecule has 0 atom stereocenters. The highest BCUT2D eigenvalue weighted by Crippen LogP contribution is 2.22. The number of nitrogens with one attached hydrogen (secondary N) is 1. The van der Waals surface area contributed by atoms with Gasteiger partial charge in [0.05, 0.1) is 17.2 Å². The Hall–Kier alpha value is -3.06. The second-order valence-corrected chi connectivity index (χ2v) is 9.23. The largest absolute Gasteiger partial charge is 0.346 e. The van der Waals surface area contributed by atoms with Gasteiger partial charge in [-0.15, -0.1) is 0 Å². The third-order valence-electron chi connectivity index (χ3n) is 4.72. The van der Waals surface area contributed by atoms with E-state index in [1.54, 1.807) is 42.6 Å². The third-order valence-corrected chi connectivity index (χ3v) is 6.22. The Balaban J connectivity index is 1.52. The molecule has 7 heteroatoms. The highest BCUT2D eigenvalue weighted by molar-refractivity contribution is 7.89. The van der Waals surface area contributed by atoms with E-state index in [-0.39, 0.29) is 17.2 Å². The maximum absolute atomic E-state index is 14.6. The third kappa shape index (κ3) is 4.51. The Morgan fingerprint density at radius 1 is 1.03 bits per heavy atom. The summed E-state index contributed by atoms with van der Waals surface area (Å²) < 4.78 is 39.4. The van der Waals surface area contributed by atoms with Gasteiger partial charge in [0.1, 0.15) is 5.65 Å². The van der Waals surface area contributed by atoms with Crippen LogP contribution in [0.2, 0.25) is 0 Å². The van der Waals surface area contributed by atoms with E-state index in [1.807, 2.05) is 25.3 Å². The van der Waals surface area contributed by atoms with Crippen molar-refractivity contribution >= 4 is 20.9 Å². The van der Waals surface area contributed by atoms with E-state index < -0.39 is 15.8 Å². The lowest BCUT2D eigenvalue weighted by molar-refractivity contribution is 0.563. The minimum Gasteiger partial charge on any atom is -0.346 e. The molecule has 1 aromatic carbocycles. The first kappa shape index (κ1) is 19.3. The van der Waals surface area contributed by atoms with Crippen LogP contribution in [0.15, 0.2) is 60.9 Å². The molecule has 3 aromatic heterocycles. The lowest BCUT2D eigenvalue weighted by Crippen LogP contribution is -2.10. The summed E-state index contributed by atoms with van der Waals surface area (Å²) in [6.07, 6.45) is 3.94. The standard InChI is InChI=1S/C22H20FN3O2S/c1-15-9-20-18(12-25-22(20)24-11-15)10-17-7-8-19(26-21(17)23)14-29(27,28)13-16-5-3-2-4-6-16/h2-9,11-12H,10,13-14H2,1H3,(H,24,25). The van der Waals surface area contributed by atoms with Crippen molar-refractivity contribution in [1.82, 2.24) is 15.0 Å². The zero-order chi connectivity index (χ0) is 20.4. The monoisotopic (exact) mass is 409 g/mol. The quantitative estimate of drug-likeness (QED) is 0.486. The van der Waals surface area contributed by atoms with Gasteiger partial charge >= 0.3 is 0 Å². The second kappa shape index (κ2) is 7.75. The molecule has 4 aromatic rings. The van der Waals surface area contributed by atoms with Gasteiger partial charge < -0.3 is 4.98 Å². The Morgan fingerprint density at radius 2 is 1.83 bits per heavy atom. The lowest BCUT2D eigenvalue weighted by Gasteiger charge is -2.07. The number of benzene rings is 1. The van der Waals surface area contributed by atoms with Crippen LogP contribution in [0, 0.1) is 12.9 Å². The fourth-order valence-electron chi connectivity index (χ4n) is 3.33. The number of H-pyrrole nitrogens is 1. The lowest BCUT2D eigenvalue weighted by atomic mass is 10.1. The maximum atomic E-state index is 14.6. The molecule has 0 bridgehead atoms. The minimum atomic E-state index is -3.44. The Labute approximate surface area is 168 Å². The zero-order valence-corrected chi connectivity index (χ0v) is 16.7. The number of aromatic amines is 1. The number of nitrogens with zero attached hydrogens (tertiary/aromatic N) is 2. The van der Waals surface area contributed by atoms with Gasteiger partial charge in [-0.3, -0.25) is 0 Å². The molecule has 0 unspecified atom stereocenters. The van der Waals surface area contributed by atoms with Gasteiger partial charge in [-0.2, -0.15) is 4.39 Å². The van der Waals surface area contributed by atoms with Crippen LogP contribution < -0.4 is 0 Å². The second-order valence-electron chi connectivity index (χ2n) is 7.17. The molecule has 0 saturated carbocycles. The topological polar surface area (TPSA) is 75.7 Å². The first-order valence-corrected chi connectivity index (χ1v) is 11.0. The SMILES string of the molecule is Cc1cnc2[nH]cc(Cc3ccc(CS(=O)(=O)Cc4ccccc4)nc3F)c2c1. The predicted octanol–water partition coefficient (Wildman–Crippen LogP) is 4.11. The van der Waals surface area contributed by atoms with Crippen molar-refractivity contribution in [3.8, 4) is 0 Å². The van der Waals surface area contributed by atoms with Gasteiger partial charge in [0.15, 0.2) is 9.84 Å². The van der Waals surface area contributed by atoms with Crippen LogP contribution in [0.25, 0.3) is 11.0 Å². The highest BCUT2D eigenvalue weighted by Gasteiger charge is 2.16. The van der Waals surface area contributed by atoms with E-state index in [2.05, 4.69) is 15.0 Å². The number of halogens is 1. The van der Waals surface area contributed by atoms with Crippen molar-refractivity contribution < 1.29 is 12.8 Å². The first-order valence-electron chi connectivity index (χ1n) is 9.21. The number of sulfone groups is 1. The molecule has 1 N–H and O–H groups in total. The number of fused-ring (bicyclic) bond motifs is 1. The molecule has 0 aliphatic heterocycles. The number of pyridine rings is 2. The van der Waals surface area contributed by atoms with Crippen molar-refractivity contribution in [1.29, 1.82) is 0 Å². The number of hydrogen-bond donors (Lipinski definition) is 1. The summed E-state index contributed by atoms with van der Waals surface area (Å²) in [5.74, 6) is -1.04. The molecule has 0 fully saturated rings. The Bertz CT molecular complexity index is 1270. The molecule has 0 radical (unpaired) electrons.